The summed E-state index contributed by atoms with van der Waals surface area (Å²) in [5.74, 6) is 1.18. The Morgan fingerprint density at radius 1 is 1.50 bits per heavy atom. The molecule has 0 saturated carbocycles. The molecular weight excluding hydrogens is 264 g/mol. The highest BCUT2D eigenvalue weighted by Crippen LogP contribution is 2.15. The van der Waals surface area contributed by atoms with Gasteiger partial charge in [0.05, 0.1) is 12.6 Å². The lowest BCUT2D eigenvalue weighted by Crippen LogP contribution is -2.57. The maximum Gasteiger partial charge on any atom is 0.323 e. The number of amides is 4. The van der Waals surface area contributed by atoms with E-state index in [1.807, 2.05) is 0 Å². The Morgan fingerprint density at radius 3 is 2.90 bits per heavy atom. The van der Waals surface area contributed by atoms with Crippen LogP contribution in [0.15, 0.2) is 0 Å². The van der Waals surface area contributed by atoms with Gasteiger partial charge < -0.3 is 25.1 Å². The molecule has 2 rings (SSSR count). The lowest BCUT2D eigenvalue weighted by molar-refractivity contribution is -0.137. The number of piperazine rings is 1. The van der Waals surface area contributed by atoms with E-state index < -0.39 is 18.5 Å². The summed E-state index contributed by atoms with van der Waals surface area (Å²) in [6, 6.07) is -0.574. The molecule has 1 unspecified atom stereocenters. The highest BCUT2D eigenvalue weighted by molar-refractivity contribution is 5.81. The Balaban J connectivity index is 2.00. The monoisotopic (exact) mass is 280 g/mol. The van der Waals surface area contributed by atoms with Crippen LogP contribution in [-0.2, 0) is 4.79 Å². The molecular formula is C12H16N4O4. The Hall–Kier alpha value is -2.43. The molecule has 20 heavy (non-hydrogen) atoms. The lowest BCUT2D eigenvalue weighted by Gasteiger charge is -2.38. The van der Waals surface area contributed by atoms with Gasteiger partial charge in [-0.25, -0.2) is 9.59 Å². The predicted octanol–water partition coefficient (Wildman–Crippen LogP) is -1.16. The smallest absolute Gasteiger partial charge is 0.323 e. The number of nitrogens with one attached hydrogen (secondary N) is 1. The van der Waals surface area contributed by atoms with E-state index in [9.17, 15) is 14.4 Å². The summed E-state index contributed by atoms with van der Waals surface area (Å²) in [4.78, 5) is 38.8. The predicted molar refractivity (Wildman–Crippen MR) is 68.9 cm³/mol. The number of hydrogen-bond acceptors (Lipinski definition) is 3. The van der Waals surface area contributed by atoms with Crippen molar-refractivity contribution in [1.82, 2.24) is 20.0 Å². The molecule has 2 aliphatic heterocycles. The summed E-state index contributed by atoms with van der Waals surface area (Å²) in [6.07, 6.45) is 5.16. The van der Waals surface area contributed by atoms with Crippen molar-refractivity contribution < 1.29 is 19.5 Å². The molecule has 2 aliphatic rings. The minimum absolute atomic E-state index is 0.0484. The van der Waals surface area contributed by atoms with Crippen molar-refractivity contribution in [3.8, 4) is 12.3 Å². The number of carboxylic acid groups (broad SMARTS) is 1. The van der Waals surface area contributed by atoms with Crippen LogP contribution in [0.1, 0.15) is 0 Å². The molecule has 0 bridgehead atoms. The standard InChI is InChI=1S/C12H16N4O4/c1-2-3-14(8-10(17)18)12(20)15-4-5-16-9(7-15)6-13-11(16)19/h1,9H,3-8H2,(H,13,19)(H,17,18). The van der Waals surface area contributed by atoms with Crippen LogP contribution in [0.5, 0.6) is 0 Å². The average Bonchev–Trinajstić information content (AvgIpc) is 2.78. The van der Waals surface area contributed by atoms with Gasteiger partial charge in [0, 0.05) is 26.2 Å². The molecule has 2 heterocycles. The van der Waals surface area contributed by atoms with Crippen LogP contribution in [0.2, 0.25) is 0 Å². The zero-order valence-electron chi connectivity index (χ0n) is 10.9. The summed E-state index contributed by atoms with van der Waals surface area (Å²) in [5, 5.41) is 11.5. The number of fused-ring (bicyclic) bond motifs is 1. The molecule has 4 amide bonds. The molecule has 0 radical (unpaired) electrons. The summed E-state index contributed by atoms with van der Waals surface area (Å²) < 4.78 is 0. The van der Waals surface area contributed by atoms with Gasteiger partial charge in [-0.05, 0) is 0 Å². The highest BCUT2D eigenvalue weighted by atomic mass is 16.4. The molecule has 2 saturated heterocycles. The molecule has 1 atom stereocenters. The Labute approximate surface area is 116 Å². The molecule has 0 aliphatic carbocycles. The number of aliphatic carboxylic acids is 1. The molecule has 0 aromatic heterocycles. The zero-order chi connectivity index (χ0) is 14.7. The van der Waals surface area contributed by atoms with Crippen LogP contribution in [0.4, 0.5) is 9.59 Å². The van der Waals surface area contributed by atoms with Crippen molar-refractivity contribution in [1.29, 1.82) is 0 Å². The fraction of sp³-hybridized carbons (Fsp3) is 0.583. The topological polar surface area (TPSA) is 93.2 Å². The normalized spacial score (nSPS) is 20.9. The van der Waals surface area contributed by atoms with Crippen molar-refractivity contribution >= 4 is 18.0 Å². The number of urea groups is 2. The van der Waals surface area contributed by atoms with E-state index in [-0.39, 0.29) is 18.6 Å². The van der Waals surface area contributed by atoms with Crippen molar-refractivity contribution in [2.75, 3.05) is 39.3 Å². The largest absolute Gasteiger partial charge is 0.480 e. The Morgan fingerprint density at radius 2 is 2.25 bits per heavy atom. The zero-order valence-corrected chi connectivity index (χ0v) is 10.9. The molecule has 0 aromatic carbocycles. The van der Waals surface area contributed by atoms with E-state index in [0.717, 1.165) is 4.90 Å². The summed E-state index contributed by atoms with van der Waals surface area (Å²) in [6.45, 7) is 1.23. The van der Waals surface area contributed by atoms with Gasteiger partial charge in [0.1, 0.15) is 6.54 Å². The third-order valence-corrected chi connectivity index (χ3v) is 3.38. The maximum absolute atomic E-state index is 12.3. The van der Waals surface area contributed by atoms with Gasteiger partial charge in [0.15, 0.2) is 0 Å². The number of carboxylic acids is 1. The second kappa shape index (κ2) is 5.69. The third-order valence-electron chi connectivity index (χ3n) is 3.38. The molecule has 8 heteroatoms. The van der Waals surface area contributed by atoms with Gasteiger partial charge in [0.25, 0.3) is 0 Å². The van der Waals surface area contributed by atoms with Gasteiger partial charge in [-0.3, -0.25) is 4.79 Å². The highest BCUT2D eigenvalue weighted by Gasteiger charge is 2.38. The van der Waals surface area contributed by atoms with E-state index >= 15 is 0 Å². The first-order valence-corrected chi connectivity index (χ1v) is 6.26. The second-order valence-electron chi connectivity index (χ2n) is 4.72. The first-order valence-electron chi connectivity index (χ1n) is 6.26. The number of hydrogen-bond donors (Lipinski definition) is 2. The number of terminal acetylenes is 1. The van der Waals surface area contributed by atoms with Gasteiger partial charge >= 0.3 is 18.0 Å². The summed E-state index contributed by atoms with van der Waals surface area (Å²) in [5.41, 5.74) is 0. The number of nitrogens with zero attached hydrogens (tertiary/aromatic N) is 3. The van der Waals surface area contributed by atoms with Gasteiger partial charge in [-0.1, -0.05) is 5.92 Å². The third kappa shape index (κ3) is 2.77. The first kappa shape index (κ1) is 14.0. The Kier molecular flexibility index (Phi) is 3.98. The van der Waals surface area contributed by atoms with Crippen molar-refractivity contribution in [2.24, 2.45) is 0 Å². The van der Waals surface area contributed by atoms with Crippen LogP contribution >= 0.6 is 0 Å². The average molecular weight is 280 g/mol. The Bertz CT molecular complexity index is 473. The lowest BCUT2D eigenvalue weighted by atomic mass is 10.2. The fourth-order valence-electron chi connectivity index (χ4n) is 2.44. The summed E-state index contributed by atoms with van der Waals surface area (Å²) >= 11 is 0. The molecule has 2 N–H and O–H groups in total. The van der Waals surface area contributed by atoms with Crippen LogP contribution < -0.4 is 5.32 Å². The van der Waals surface area contributed by atoms with Crippen molar-refractivity contribution in [3.05, 3.63) is 0 Å². The van der Waals surface area contributed by atoms with Gasteiger partial charge in [-0.15, -0.1) is 6.42 Å². The fourth-order valence-corrected chi connectivity index (χ4v) is 2.44. The van der Waals surface area contributed by atoms with E-state index in [1.54, 1.807) is 9.80 Å². The van der Waals surface area contributed by atoms with E-state index in [1.165, 1.54) is 0 Å². The van der Waals surface area contributed by atoms with E-state index in [2.05, 4.69) is 11.2 Å². The second-order valence-corrected chi connectivity index (χ2v) is 4.72. The van der Waals surface area contributed by atoms with Crippen LogP contribution in [0.25, 0.3) is 0 Å². The van der Waals surface area contributed by atoms with Crippen LogP contribution in [0, 0.1) is 12.3 Å². The van der Waals surface area contributed by atoms with Gasteiger partial charge in [-0.2, -0.15) is 0 Å². The minimum atomic E-state index is -1.11. The first-order chi connectivity index (χ1) is 9.52. The molecule has 0 spiro atoms. The quantitative estimate of drug-likeness (QED) is 0.637. The van der Waals surface area contributed by atoms with E-state index in [0.29, 0.717) is 26.2 Å². The molecule has 108 valence electrons. The molecule has 8 nitrogen and oxygen atoms in total. The number of carbonyl (C=O) groups is 3. The number of carbonyl (C=O) groups excluding carboxylic acids is 2. The van der Waals surface area contributed by atoms with Crippen molar-refractivity contribution in [3.63, 3.8) is 0 Å². The summed E-state index contributed by atoms with van der Waals surface area (Å²) in [7, 11) is 0. The number of rotatable bonds is 3. The van der Waals surface area contributed by atoms with Crippen LogP contribution in [0.3, 0.4) is 0 Å². The molecule has 0 aromatic rings. The maximum atomic E-state index is 12.3. The van der Waals surface area contributed by atoms with E-state index in [4.69, 9.17) is 11.5 Å². The minimum Gasteiger partial charge on any atom is -0.480 e. The SMILES string of the molecule is C#CCN(CC(=O)O)C(=O)N1CCN2C(=O)NCC2C1. The van der Waals surface area contributed by atoms with Crippen LogP contribution in [-0.4, -0.2) is 83.1 Å². The van der Waals surface area contributed by atoms with Gasteiger partial charge in [0.2, 0.25) is 0 Å². The molecule has 2 fully saturated rings. The van der Waals surface area contributed by atoms with Crippen molar-refractivity contribution in [2.45, 2.75) is 6.04 Å².